The number of Topliss-reactive ketones (excluding diaryl/α,β-unsaturated/α-hetero) is 1. The molecule has 1 aliphatic rings. The van der Waals surface area contributed by atoms with Crippen molar-refractivity contribution in [2.75, 3.05) is 26.2 Å². The second kappa shape index (κ2) is 6.52. The maximum absolute atomic E-state index is 11.7. The van der Waals surface area contributed by atoms with Crippen molar-refractivity contribution in [3.05, 3.63) is 29.8 Å². The van der Waals surface area contributed by atoms with Gasteiger partial charge in [0.1, 0.15) is 5.75 Å². The van der Waals surface area contributed by atoms with E-state index in [1.807, 2.05) is 18.2 Å². The highest BCUT2D eigenvalue weighted by Gasteiger charge is 2.15. The quantitative estimate of drug-likeness (QED) is 0.769. The molecule has 2 rings (SSSR count). The first-order chi connectivity index (χ1) is 8.81. The molecular formula is C14H20N2O2. The Kier molecular flexibility index (Phi) is 4.73. The van der Waals surface area contributed by atoms with Crippen LogP contribution >= 0.6 is 0 Å². The van der Waals surface area contributed by atoms with Gasteiger partial charge in [-0.15, -0.1) is 0 Å². The van der Waals surface area contributed by atoms with Crippen molar-refractivity contribution < 1.29 is 9.53 Å². The Morgan fingerprint density at radius 1 is 1.33 bits per heavy atom. The average Bonchev–Trinajstić information content (AvgIpc) is 2.45. The van der Waals surface area contributed by atoms with Crippen LogP contribution in [0.5, 0.6) is 5.75 Å². The largest absolute Gasteiger partial charge is 0.493 e. The van der Waals surface area contributed by atoms with Gasteiger partial charge in [-0.1, -0.05) is 12.1 Å². The van der Waals surface area contributed by atoms with Crippen LogP contribution in [0.15, 0.2) is 24.3 Å². The van der Waals surface area contributed by atoms with Crippen molar-refractivity contribution in [2.24, 2.45) is 11.7 Å². The Morgan fingerprint density at radius 3 is 2.78 bits per heavy atom. The van der Waals surface area contributed by atoms with E-state index in [4.69, 9.17) is 10.5 Å². The Morgan fingerprint density at radius 2 is 2.06 bits per heavy atom. The second-order valence-corrected chi connectivity index (χ2v) is 4.63. The van der Waals surface area contributed by atoms with Crippen molar-refractivity contribution in [1.82, 2.24) is 5.32 Å². The van der Waals surface area contributed by atoms with E-state index in [1.54, 1.807) is 6.07 Å². The van der Waals surface area contributed by atoms with Gasteiger partial charge in [0.05, 0.1) is 18.7 Å². The molecule has 98 valence electrons. The number of carbonyl (C=O) groups excluding carboxylic acids is 1. The van der Waals surface area contributed by atoms with Crippen LogP contribution in [0.1, 0.15) is 23.2 Å². The number of benzene rings is 1. The Hall–Kier alpha value is -1.39. The molecule has 1 aromatic rings. The highest BCUT2D eigenvalue weighted by Crippen LogP contribution is 2.20. The van der Waals surface area contributed by atoms with Crippen LogP contribution in [0.3, 0.4) is 0 Å². The van der Waals surface area contributed by atoms with Crippen LogP contribution in [-0.2, 0) is 0 Å². The minimum Gasteiger partial charge on any atom is -0.493 e. The molecule has 0 amide bonds. The number of hydrogen-bond acceptors (Lipinski definition) is 4. The third kappa shape index (κ3) is 3.31. The number of ether oxygens (including phenoxy) is 1. The lowest BCUT2D eigenvalue weighted by Crippen LogP contribution is -2.30. The molecular weight excluding hydrogens is 228 g/mol. The molecule has 0 aliphatic carbocycles. The summed E-state index contributed by atoms with van der Waals surface area (Å²) in [5.41, 5.74) is 5.99. The van der Waals surface area contributed by atoms with E-state index in [9.17, 15) is 4.79 Å². The fourth-order valence-corrected chi connectivity index (χ4v) is 2.19. The summed E-state index contributed by atoms with van der Waals surface area (Å²) in [4.78, 5) is 11.7. The molecule has 0 aromatic heterocycles. The first kappa shape index (κ1) is 13.1. The van der Waals surface area contributed by atoms with Gasteiger partial charge in [-0.25, -0.2) is 0 Å². The number of piperidine rings is 1. The van der Waals surface area contributed by atoms with Gasteiger partial charge in [0.15, 0.2) is 5.78 Å². The molecule has 0 bridgehead atoms. The summed E-state index contributed by atoms with van der Waals surface area (Å²) in [6.07, 6.45) is 2.26. The zero-order chi connectivity index (χ0) is 12.8. The zero-order valence-electron chi connectivity index (χ0n) is 10.5. The Bertz CT molecular complexity index is 401. The molecule has 1 saturated heterocycles. The summed E-state index contributed by atoms with van der Waals surface area (Å²) >= 11 is 0. The van der Waals surface area contributed by atoms with Gasteiger partial charge >= 0.3 is 0 Å². The van der Waals surface area contributed by atoms with Crippen molar-refractivity contribution in [3.63, 3.8) is 0 Å². The monoisotopic (exact) mass is 248 g/mol. The highest BCUT2D eigenvalue weighted by atomic mass is 16.5. The van der Waals surface area contributed by atoms with Crippen molar-refractivity contribution in [1.29, 1.82) is 0 Å². The summed E-state index contributed by atoms with van der Waals surface area (Å²) in [7, 11) is 0. The number of ketones is 1. The van der Waals surface area contributed by atoms with Gasteiger partial charge in [0.25, 0.3) is 0 Å². The predicted molar refractivity (Wildman–Crippen MR) is 70.9 cm³/mol. The van der Waals surface area contributed by atoms with Gasteiger partial charge < -0.3 is 15.8 Å². The van der Waals surface area contributed by atoms with Gasteiger partial charge in [0.2, 0.25) is 0 Å². The summed E-state index contributed by atoms with van der Waals surface area (Å²) in [5.74, 6) is 1.16. The minimum absolute atomic E-state index is 0.0215. The summed E-state index contributed by atoms with van der Waals surface area (Å²) in [6.45, 7) is 2.80. The molecule has 4 heteroatoms. The first-order valence-corrected chi connectivity index (χ1v) is 6.47. The van der Waals surface area contributed by atoms with Gasteiger partial charge in [-0.2, -0.15) is 0 Å². The van der Waals surface area contributed by atoms with Gasteiger partial charge in [0, 0.05) is 0 Å². The van der Waals surface area contributed by atoms with E-state index >= 15 is 0 Å². The lowest BCUT2D eigenvalue weighted by atomic mass is 9.99. The molecule has 0 radical (unpaired) electrons. The number of rotatable bonds is 5. The Balaban J connectivity index is 1.97. The van der Waals surface area contributed by atoms with E-state index in [0.717, 1.165) is 25.9 Å². The van der Waals surface area contributed by atoms with E-state index in [0.29, 0.717) is 23.8 Å². The molecule has 1 aliphatic heterocycles. The molecule has 3 N–H and O–H groups in total. The second-order valence-electron chi connectivity index (χ2n) is 4.63. The molecule has 0 saturated carbocycles. The van der Waals surface area contributed by atoms with Gasteiger partial charge in [-0.05, 0) is 44.0 Å². The maximum atomic E-state index is 11.7. The van der Waals surface area contributed by atoms with Gasteiger partial charge in [-0.3, -0.25) is 4.79 Å². The molecule has 0 atom stereocenters. The Labute approximate surface area is 108 Å². The highest BCUT2D eigenvalue weighted by molar-refractivity contribution is 5.99. The van der Waals surface area contributed by atoms with E-state index in [1.165, 1.54) is 0 Å². The molecule has 0 unspecified atom stereocenters. The van der Waals surface area contributed by atoms with Crippen LogP contribution in [0.25, 0.3) is 0 Å². The fourth-order valence-electron chi connectivity index (χ4n) is 2.19. The van der Waals surface area contributed by atoms with Crippen LogP contribution in [0.4, 0.5) is 0 Å². The van der Waals surface area contributed by atoms with E-state index in [-0.39, 0.29) is 12.3 Å². The molecule has 0 spiro atoms. The topological polar surface area (TPSA) is 64.4 Å². The predicted octanol–water partition coefficient (Wildman–Crippen LogP) is 1.21. The van der Waals surface area contributed by atoms with Crippen LogP contribution in [-0.4, -0.2) is 32.0 Å². The van der Waals surface area contributed by atoms with Crippen molar-refractivity contribution in [2.45, 2.75) is 12.8 Å². The molecule has 18 heavy (non-hydrogen) atoms. The molecule has 1 fully saturated rings. The molecule has 1 heterocycles. The smallest absolute Gasteiger partial charge is 0.180 e. The maximum Gasteiger partial charge on any atom is 0.180 e. The normalized spacial score (nSPS) is 16.5. The number of hydrogen-bond donors (Lipinski definition) is 2. The van der Waals surface area contributed by atoms with E-state index in [2.05, 4.69) is 5.32 Å². The number of nitrogens with one attached hydrogen (secondary N) is 1. The average molecular weight is 248 g/mol. The third-order valence-electron chi connectivity index (χ3n) is 3.31. The minimum atomic E-state index is -0.0732. The summed E-state index contributed by atoms with van der Waals surface area (Å²) < 4.78 is 5.80. The standard InChI is InChI=1S/C14H20N2O2/c15-9-13(17)12-3-1-2-4-14(12)18-10-11-5-7-16-8-6-11/h1-4,11,16H,5-10,15H2. The lowest BCUT2D eigenvalue weighted by Gasteiger charge is -2.23. The molecule has 4 nitrogen and oxygen atoms in total. The SMILES string of the molecule is NCC(=O)c1ccccc1OCC1CCNCC1. The summed E-state index contributed by atoms with van der Waals surface area (Å²) in [6, 6.07) is 7.32. The van der Waals surface area contributed by atoms with Crippen LogP contribution in [0, 0.1) is 5.92 Å². The van der Waals surface area contributed by atoms with Crippen LogP contribution in [0.2, 0.25) is 0 Å². The number of nitrogens with two attached hydrogens (primary N) is 1. The molecule has 1 aromatic carbocycles. The first-order valence-electron chi connectivity index (χ1n) is 6.47. The van der Waals surface area contributed by atoms with Crippen molar-refractivity contribution >= 4 is 5.78 Å². The van der Waals surface area contributed by atoms with Crippen LogP contribution < -0.4 is 15.8 Å². The fraction of sp³-hybridized carbons (Fsp3) is 0.500. The lowest BCUT2D eigenvalue weighted by molar-refractivity contribution is 0.0995. The van der Waals surface area contributed by atoms with E-state index < -0.39 is 0 Å². The third-order valence-corrected chi connectivity index (χ3v) is 3.31. The number of para-hydroxylation sites is 1. The summed E-state index contributed by atoms with van der Waals surface area (Å²) in [5, 5.41) is 3.33. The van der Waals surface area contributed by atoms with Crippen molar-refractivity contribution in [3.8, 4) is 5.75 Å². The number of carbonyl (C=O) groups is 1. The zero-order valence-corrected chi connectivity index (χ0v) is 10.5.